The molecular weight excluding hydrogens is 304 g/mol. The second-order valence-corrected chi connectivity index (χ2v) is 7.10. The summed E-state index contributed by atoms with van der Waals surface area (Å²) in [7, 11) is 2.17. The summed E-state index contributed by atoms with van der Waals surface area (Å²) in [5, 5.41) is 8.86. The van der Waals surface area contributed by atoms with E-state index in [1.807, 2.05) is 0 Å². The number of rotatable bonds is 4. The number of nitrogens with one attached hydrogen (secondary N) is 1. The summed E-state index contributed by atoms with van der Waals surface area (Å²) in [6.07, 6.45) is 3.85. The first-order chi connectivity index (χ1) is 10.3. The molecule has 21 heavy (non-hydrogen) atoms. The van der Waals surface area contributed by atoms with E-state index in [2.05, 4.69) is 44.4 Å². The van der Waals surface area contributed by atoms with Gasteiger partial charge in [0.2, 0.25) is 0 Å². The standard InChI is InChI=1S/C14H18N4OS2/c1-18-6-2-4-10(13(18)11-5-3-7-20-11)8-15-14(19)12-9-16-17-21-12/h3,5,7,9-10,13H,2,4,6,8H2,1H3,(H,15,19)/t10-,13+/m0/s1. The molecule has 112 valence electrons. The Kier molecular flexibility index (Phi) is 4.62. The predicted octanol–water partition coefficient (Wildman–Crippen LogP) is 2.41. The van der Waals surface area contributed by atoms with Gasteiger partial charge in [-0.3, -0.25) is 9.69 Å². The molecule has 1 N–H and O–H groups in total. The van der Waals surface area contributed by atoms with Crippen LogP contribution in [-0.2, 0) is 0 Å². The molecular formula is C14H18N4OS2. The van der Waals surface area contributed by atoms with E-state index in [-0.39, 0.29) is 5.91 Å². The fraction of sp³-hybridized carbons (Fsp3) is 0.500. The molecule has 2 aromatic heterocycles. The first-order valence-electron chi connectivity index (χ1n) is 7.05. The zero-order valence-corrected chi connectivity index (χ0v) is 13.5. The molecule has 0 unspecified atom stereocenters. The molecule has 1 saturated heterocycles. The van der Waals surface area contributed by atoms with E-state index in [0.29, 0.717) is 23.4 Å². The molecule has 5 nitrogen and oxygen atoms in total. The van der Waals surface area contributed by atoms with Gasteiger partial charge in [-0.15, -0.1) is 16.4 Å². The number of likely N-dealkylation sites (tertiary alicyclic amines) is 1. The molecule has 0 bridgehead atoms. The summed E-state index contributed by atoms with van der Waals surface area (Å²) in [5.74, 6) is 0.385. The first-order valence-corrected chi connectivity index (χ1v) is 8.70. The summed E-state index contributed by atoms with van der Waals surface area (Å²) >= 11 is 2.93. The van der Waals surface area contributed by atoms with Crippen molar-refractivity contribution in [3.63, 3.8) is 0 Å². The Bertz CT molecular complexity index is 570. The van der Waals surface area contributed by atoms with E-state index in [1.54, 1.807) is 11.3 Å². The lowest BCUT2D eigenvalue weighted by Crippen LogP contribution is -2.41. The zero-order valence-electron chi connectivity index (χ0n) is 11.9. The van der Waals surface area contributed by atoms with Gasteiger partial charge in [0.1, 0.15) is 4.88 Å². The second-order valence-electron chi connectivity index (χ2n) is 5.33. The minimum atomic E-state index is -0.0665. The Morgan fingerprint density at radius 2 is 2.48 bits per heavy atom. The summed E-state index contributed by atoms with van der Waals surface area (Å²) < 4.78 is 3.73. The third-order valence-corrected chi connectivity index (χ3v) is 5.56. The highest BCUT2D eigenvalue weighted by Gasteiger charge is 2.31. The summed E-state index contributed by atoms with van der Waals surface area (Å²) in [4.78, 5) is 16.4. The maximum atomic E-state index is 12.0. The zero-order chi connectivity index (χ0) is 14.7. The van der Waals surface area contributed by atoms with Crippen LogP contribution in [0.1, 0.15) is 33.4 Å². The fourth-order valence-corrected chi connectivity index (χ4v) is 4.38. The molecule has 2 atom stereocenters. The van der Waals surface area contributed by atoms with Crippen molar-refractivity contribution in [2.45, 2.75) is 18.9 Å². The van der Waals surface area contributed by atoms with Crippen LogP contribution in [0.15, 0.2) is 23.7 Å². The molecule has 3 heterocycles. The van der Waals surface area contributed by atoms with Crippen molar-refractivity contribution >= 4 is 28.8 Å². The maximum Gasteiger partial charge on any atom is 0.264 e. The maximum absolute atomic E-state index is 12.0. The van der Waals surface area contributed by atoms with E-state index < -0.39 is 0 Å². The molecule has 1 fully saturated rings. The van der Waals surface area contributed by atoms with Gasteiger partial charge in [-0.1, -0.05) is 10.6 Å². The van der Waals surface area contributed by atoms with Gasteiger partial charge in [0.15, 0.2) is 0 Å². The Hall–Kier alpha value is -1.31. The SMILES string of the molecule is CN1CCC[C@@H](CNC(=O)c2cnns2)[C@@H]1c1cccs1. The number of hydrogen-bond donors (Lipinski definition) is 1. The number of carbonyl (C=O) groups is 1. The lowest BCUT2D eigenvalue weighted by molar-refractivity contribution is 0.0899. The summed E-state index contributed by atoms with van der Waals surface area (Å²) in [5.41, 5.74) is 0. The van der Waals surface area contributed by atoms with Crippen molar-refractivity contribution < 1.29 is 4.79 Å². The largest absolute Gasteiger partial charge is 0.351 e. The van der Waals surface area contributed by atoms with E-state index in [9.17, 15) is 4.79 Å². The van der Waals surface area contributed by atoms with Gasteiger partial charge in [-0.05, 0) is 55.3 Å². The van der Waals surface area contributed by atoms with Gasteiger partial charge >= 0.3 is 0 Å². The highest BCUT2D eigenvalue weighted by molar-refractivity contribution is 7.10. The van der Waals surface area contributed by atoms with E-state index in [0.717, 1.165) is 24.5 Å². The summed E-state index contributed by atoms with van der Waals surface area (Å²) in [6, 6.07) is 4.69. The predicted molar refractivity (Wildman–Crippen MR) is 84.7 cm³/mol. The summed E-state index contributed by atoms with van der Waals surface area (Å²) in [6.45, 7) is 1.81. The van der Waals surface area contributed by atoms with Crippen LogP contribution in [0.2, 0.25) is 0 Å². The average molecular weight is 322 g/mol. The molecule has 1 aliphatic rings. The van der Waals surface area contributed by atoms with E-state index >= 15 is 0 Å². The molecule has 7 heteroatoms. The number of carbonyl (C=O) groups excluding carboxylic acids is 1. The Labute approximate surface area is 132 Å². The normalized spacial score (nSPS) is 23.1. The quantitative estimate of drug-likeness (QED) is 0.939. The Balaban J connectivity index is 1.66. The number of aromatic nitrogens is 2. The van der Waals surface area contributed by atoms with Crippen molar-refractivity contribution in [3.8, 4) is 0 Å². The molecule has 0 spiro atoms. The molecule has 2 aromatic rings. The molecule has 1 aliphatic heterocycles. The first kappa shape index (κ1) is 14.6. The van der Waals surface area contributed by atoms with Crippen molar-refractivity contribution in [2.75, 3.05) is 20.1 Å². The van der Waals surface area contributed by atoms with Crippen molar-refractivity contribution in [3.05, 3.63) is 33.5 Å². The molecule has 3 rings (SSSR count). The van der Waals surface area contributed by atoms with Crippen LogP contribution >= 0.6 is 22.9 Å². The fourth-order valence-electron chi connectivity index (χ4n) is 2.96. The van der Waals surface area contributed by atoms with E-state index in [1.165, 1.54) is 17.5 Å². The number of hydrogen-bond acceptors (Lipinski definition) is 6. The van der Waals surface area contributed by atoms with Gasteiger partial charge in [0.05, 0.1) is 6.20 Å². The minimum Gasteiger partial charge on any atom is -0.351 e. The molecule has 0 aliphatic carbocycles. The van der Waals surface area contributed by atoms with Gasteiger partial charge < -0.3 is 5.32 Å². The van der Waals surface area contributed by atoms with Crippen molar-refractivity contribution in [1.82, 2.24) is 19.8 Å². The van der Waals surface area contributed by atoms with Crippen LogP contribution in [0.3, 0.4) is 0 Å². The van der Waals surface area contributed by atoms with Gasteiger partial charge in [0.25, 0.3) is 5.91 Å². The lowest BCUT2D eigenvalue weighted by atomic mass is 9.88. The smallest absolute Gasteiger partial charge is 0.264 e. The third kappa shape index (κ3) is 3.30. The molecule has 0 saturated carbocycles. The topological polar surface area (TPSA) is 58.1 Å². The van der Waals surface area contributed by atoms with Crippen LogP contribution in [0, 0.1) is 5.92 Å². The van der Waals surface area contributed by atoms with Crippen LogP contribution in [0.5, 0.6) is 0 Å². The molecule has 1 amide bonds. The Morgan fingerprint density at radius 1 is 1.57 bits per heavy atom. The minimum absolute atomic E-state index is 0.0665. The van der Waals surface area contributed by atoms with Gasteiger partial charge in [0, 0.05) is 17.5 Å². The van der Waals surface area contributed by atoms with Crippen LogP contribution < -0.4 is 5.32 Å². The average Bonchev–Trinajstić information content (AvgIpc) is 3.17. The van der Waals surface area contributed by atoms with Gasteiger partial charge in [-0.2, -0.15) is 0 Å². The number of nitrogens with zero attached hydrogens (tertiary/aromatic N) is 3. The lowest BCUT2D eigenvalue weighted by Gasteiger charge is -2.38. The highest BCUT2D eigenvalue weighted by atomic mass is 32.1. The highest BCUT2D eigenvalue weighted by Crippen LogP contribution is 2.36. The second kappa shape index (κ2) is 6.64. The van der Waals surface area contributed by atoms with E-state index in [4.69, 9.17) is 0 Å². The van der Waals surface area contributed by atoms with Crippen LogP contribution in [0.25, 0.3) is 0 Å². The number of piperidine rings is 1. The van der Waals surface area contributed by atoms with Crippen LogP contribution in [-0.4, -0.2) is 40.5 Å². The van der Waals surface area contributed by atoms with Crippen molar-refractivity contribution in [2.24, 2.45) is 5.92 Å². The number of amides is 1. The van der Waals surface area contributed by atoms with Crippen molar-refractivity contribution in [1.29, 1.82) is 0 Å². The van der Waals surface area contributed by atoms with Gasteiger partial charge in [-0.25, -0.2) is 0 Å². The number of thiophene rings is 1. The monoisotopic (exact) mass is 322 g/mol. The Morgan fingerprint density at radius 3 is 3.19 bits per heavy atom. The molecule has 0 aromatic carbocycles. The van der Waals surface area contributed by atoms with Crippen LogP contribution in [0.4, 0.5) is 0 Å². The molecule has 0 radical (unpaired) electrons. The third-order valence-electron chi connectivity index (χ3n) is 3.95.